The van der Waals surface area contributed by atoms with Crippen molar-refractivity contribution in [1.82, 2.24) is 0 Å². The quantitative estimate of drug-likeness (QED) is 0.566. The monoisotopic (exact) mass is 304 g/mol. The molecule has 0 aromatic carbocycles. The first kappa shape index (κ1) is 17.0. The standard InChI is InChI=1S/C8H20O6S2Si/c1-5-17(6-2,7-3)14-16(12,13)8(4)15(9,10)11/h8H,5-7H2,1-4H3,(H,9,10,11). The molecule has 1 N–H and O–H groups in total. The summed E-state index contributed by atoms with van der Waals surface area (Å²) in [4.78, 5) is 0. The highest BCUT2D eigenvalue weighted by molar-refractivity contribution is 8.04. The van der Waals surface area contributed by atoms with E-state index in [4.69, 9.17) is 8.42 Å². The molecule has 0 aliphatic rings. The van der Waals surface area contributed by atoms with Crippen LogP contribution in [-0.4, -0.2) is 34.3 Å². The summed E-state index contributed by atoms with van der Waals surface area (Å²) in [5.41, 5.74) is 0. The van der Waals surface area contributed by atoms with Crippen molar-refractivity contribution in [2.45, 2.75) is 50.4 Å². The molecule has 1 atom stereocenters. The summed E-state index contributed by atoms with van der Waals surface area (Å²) < 4.78 is 57.1. The number of hydrogen-bond donors (Lipinski definition) is 1. The molecule has 0 aromatic heterocycles. The second-order valence-electron chi connectivity index (χ2n) is 3.90. The van der Waals surface area contributed by atoms with Crippen molar-refractivity contribution < 1.29 is 25.3 Å². The van der Waals surface area contributed by atoms with Gasteiger partial charge in [-0.25, -0.2) is 0 Å². The first-order chi connectivity index (χ1) is 7.54. The predicted octanol–water partition coefficient (Wildman–Crippen LogP) is 1.57. The van der Waals surface area contributed by atoms with Gasteiger partial charge in [0.1, 0.15) is 0 Å². The molecule has 6 nitrogen and oxygen atoms in total. The summed E-state index contributed by atoms with van der Waals surface area (Å²) in [6, 6.07) is 1.74. The van der Waals surface area contributed by atoms with E-state index in [-0.39, 0.29) is 0 Å². The topological polar surface area (TPSA) is 97.7 Å². The van der Waals surface area contributed by atoms with Crippen LogP contribution in [0.1, 0.15) is 27.7 Å². The van der Waals surface area contributed by atoms with E-state index in [1.54, 1.807) is 0 Å². The highest BCUT2D eigenvalue weighted by Crippen LogP contribution is 2.26. The molecule has 0 spiro atoms. The average molecular weight is 304 g/mol. The molecule has 0 saturated carbocycles. The maximum absolute atomic E-state index is 11.7. The van der Waals surface area contributed by atoms with Crippen LogP contribution in [0.2, 0.25) is 18.1 Å². The average Bonchev–Trinajstić information content (AvgIpc) is 2.24. The molecular weight excluding hydrogens is 284 g/mol. The Hall–Kier alpha value is 0.0369. The fourth-order valence-corrected chi connectivity index (χ4v) is 8.36. The Kier molecular flexibility index (Phi) is 5.80. The highest BCUT2D eigenvalue weighted by atomic mass is 32.3. The Labute approximate surface area is 104 Å². The summed E-state index contributed by atoms with van der Waals surface area (Å²) in [5.74, 6) is 0. The van der Waals surface area contributed by atoms with E-state index >= 15 is 0 Å². The van der Waals surface area contributed by atoms with Gasteiger partial charge in [-0.1, -0.05) is 20.8 Å². The van der Waals surface area contributed by atoms with E-state index in [2.05, 4.69) is 0 Å². The number of rotatable bonds is 7. The van der Waals surface area contributed by atoms with Crippen LogP contribution in [0.25, 0.3) is 0 Å². The van der Waals surface area contributed by atoms with Gasteiger partial charge in [-0.05, 0) is 25.1 Å². The lowest BCUT2D eigenvalue weighted by Crippen LogP contribution is -2.42. The molecule has 0 fully saturated rings. The molecule has 0 bridgehead atoms. The fourth-order valence-electron chi connectivity index (χ4n) is 1.39. The van der Waals surface area contributed by atoms with Crippen molar-refractivity contribution in [1.29, 1.82) is 0 Å². The van der Waals surface area contributed by atoms with Crippen LogP contribution in [0.15, 0.2) is 0 Å². The Morgan fingerprint density at radius 2 is 1.41 bits per heavy atom. The van der Waals surface area contributed by atoms with Crippen LogP contribution < -0.4 is 0 Å². The van der Waals surface area contributed by atoms with Gasteiger partial charge >= 0.3 is 0 Å². The van der Waals surface area contributed by atoms with Gasteiger partial charge in [-0.2, -0.15) is 16.8 Å². The minimum absolute atomic E-state index is 0.581. The van der Waals surface area contributed by atoms with Crippen molar-refractivity contribution in [2.75, 3.05) is 0 Å². The Morgan fingerprint density at radius 3 is 1.65 bits per heavy atom. The maximum atomic E-state index is 11.7. The SMILES string of the molecule is CC[Si](CC)(CC)OS(=O)(=O)C(C)S(=O)(=O)O. The summed E-state index contributed by atoms with van der Waals surface area (Å²) in [7, 11) is -11.4. The Morgan fingerprint density at radius 1 is 1.06 bits per heavy atom. The molecular formula is C8H20O6S2Si. The third kappa shape index (κ3) is 4.32. The van der Waals surface area contributed by atoms with Crippen molar-refractivity contribution >= 4 is 28.6 Å². The normalized spacial score (nSPS) is 15.8. The molecule has 17 heavy (non-hydrogen) atoms. The lowest BCUT2D eigenvalue weighted by Gasteiger charge is -2.27. The van der Waals surface area contributed by atoms with Crippen LogP contribution >= 0.6 is 0 Å². The van der Waals surface area contributed by atoms with E-state index in [9.17, 15) is 16.8 Å². The van der Waals surface area contributed by atoms with Gasteiger partial charge in [0.25, 0.3) is 20.2 Å². The van der Waals surface area contributed by atoms with Crippen LogP contribution in [0.3, 0.4) is 0 Å². The van der Waals surface area contributed by atoms with E-state index in [1.807, 2.05) is 20.8 Å². The zero-order valence-electron chi connectivity index (χ0n) is 10.5. The zero-order valence-corrected chi connectivity index (χ0v) is 13.1. The van der Waals surface area contributed by atoms with Gasteiger partial charge in [-0.15, -0.1) is 0 Å². The van der Waals surface area contributed by atoms with Gasteiger partial charge in [0, 0.05) is 0 Å². The van der Waals surface area contributed by atoms with Gasteiger partial charge in [-0.3, -0.25) is 4.55 Å². The lowest BCUT2D eigenvalue weighted by molar-refractivity contribution is 0.454. The Balaban J connectivity index is 5.25. The molecule has 0 rings (SSSR count). The summed E-state index contributed by atoms with van der Waals surface area (Å²) in [6.45, 7) is 6.39. The van der Waals surface area contributed by atoms with Crippen molar-refractivity contribution in [3.8, 4) is 0 Å². The minimum Gasteiger partial charge on any atom is -0.314 e. The zero-order chi connectivity index (χ0) is 13.9. The van der Waals surface area contributed by atoms with Gasteiger partial charge < -0.3 is 3.87 Å². The van der Waals surface area contributed by atoms with Gasteiger partial charge in [0.15, 0.2) is 0 Å². The van der Waals surface area contributed by atoms with E-state index < -0.39 is 33.1 Å². The predicted molar refractivity (Wildman–Crippen MR) is 68.2 cm³/mol. The molecule has 1 unspecified atom stereocenters. The van der Waals surface area contributed by atoms with Crippen LogP contribution in [0.4, 0.5) is 0 Å². The molecule has 0 aromatic rings. The minimum atomic E-state index is -4.65. The first-order valence-electron chi connectivity index (χ1n) is 5.45. The van der Waals surface area contributed by atoms with E-state index in [0.717, 1.165) is 6.92 Å². The van der Waals surface area contributed by atoms with Gasteiger partial charge in [0.2, 0.25) is 12.9 Å². The third-order valence-electron chi connectivity index (χ3n) is 3.05. The summed E-state index contributed by atoms with van der Waals surface area (Å²) in [5, 5.41) is 0. The molecule has 0 radical (unpaired) electrons. The molecule has 0 aliphatic carbocycles. The van der Waals surface area contributed by atoms with Crippen LogP contribution in [0, 0.1) is 0 Å². The second-order valence-corrected chi connectivity index (χ2v) is 12.8. The third-order valence-corrected chi connectivity index (χ3v) is 12.4. The molecule has 104 valence electrons. The molecule has 0 amide bonds. The Bertz CT molecular complexity index is 428. The van der Waals surface area contributed by atoms with Crippen molar-refractivity contribution in [3.63, 3.8) is 0 Å². The van der Waals surface area contributed by atoms with E-state index in [0.29, 0.717) is 18.1 Å². The molecule has 9 heteroatoms. The summed E-state index contributed by atoms with van der Waals surface area (Å²) in [6.07, 6.45) is 0. The van der Waals surface area contributed by atoms with Crippen molar-refractivity contribution in [3.05, 3.63) is 0 Å². The van der Waals surface area contributed by atoms with Gasteiger partial charge in [0.05, 0.1) is 0 Å². The van der Waals surface area contributed by atoms with Crippen molar-refractivity contribution in [2.24, 2.45) is 0 Å². The smallest absolute Gasteiger partial charge is 0.284 e. The maximum Gasteiger partial charge on any atom is 0.284 e. The highest BCUT2D eigenvalue weighted by Gasteiger charge is 2.41. The van der Waals surface area contributed by atoms with E-state index in [1.165, 1.54) is 0 Å². The molecule has 0 heterocycles. The number of hydrogen-bond acceptors (Lipinski definition) is 5. The van der Waals surface area contributed by atoms with Crippen LogP contribution in [0.5, 0.6) is 0 Å². The lowest BCUT2D eigenvalue weighted by atomic mass is 10.9. The molecule has 0 saturated heterocycles. The van der Waals surface area contributed by atoms with Crippen LogP contribution in [-0.2, 0) is 24.1 Å². The second kappa shape index (κ2) is 5.78. The molecule has 0 aliphatic heterocycles. The fraction of sp³-hybridized carbons (Fsp3) is 1.00. The first-order valence-corrected chi connectivity index (χ1v) is 11.0. The summed E-state index contributed by atoms with van der Waals surface area (Å²) >= 11 is 0. The largest absolute Gasteiger partial charge is 0.314 e.